The highest BCUT2D eigenvalue weighted by Gasteiger charge is 2.51. The van der Waals surface area contributed by atoms with E-state index in [1.54, 1.807) is 0 Å². The predicted molar refractivity (Wildman–Crippen MR) is 89.6 cm³/mol. The SMILES string of the molecule is CC(C)C[C@H](NC(=O)[C@H]1O[C@@H]1C(=O)O)C(=O)N(CCCCN)C(=N)N. The standard InChI is InChI=1S/C15H27N5O5/c1-8(2)7-9(19-12(21)10-11(25-10)14(23)24)13(22)20(15(17)18)6-4-3-5-16/h8-11H,3-7,16H2,1-2H3,(H3,17,18)(H,19,21)(H,23,24)/t9-,10-,11-/m0/s1. The number of carboxylic acid groups (broad SMARTS) is 1. The van der Waals surface area contributed by atoms with Crippen molar-refractivity contribution in [1.82, 2.24) is 10.2 Å². The lowest BCUT2D eigenvalue weighted by Gasteiger charge is -2.27. The smallest absolute Gasteiger partial charge is 0.336 e. The molecule has 7 N–H and O–H groups in total. The van der Waals surface area contributed by atoms with Gasteiger partial charge in [-0.05, 0) is 31.7 Å². The highest BCUT2D eigenvalue weighted by molar-refractivity contribution is 6.00. The monoisotopic (exact) mass is 357 g/mol. The maximum Gasteiger partial charge on any atom is 0.336 e. The number of nitrogens with two attached hydrogens (primary N) is 2. The summed E-state index contributed by atoms with van der Waals surface area (Å²) < 4.78 is 4.80. The van der Waals surface area contributed by atoms with Crippen LogP contribution in [0.3, 0.4) is 0 Å². The lowest BCUT2D eigenvalue weighted by Crippen LogP contribution is -2.53. The number of hydrogen-bond acceptors (Lipinski definition) is 6. The molecule has 0 spiro atoms. The largest absolute Gasteiger partial charge is 0.479 e. The normalized spacial score (nSPS) is 20.0. The summed E-state index contributed by atoms with van der Waals surface area (Å²) in [4.78, 5) is 36.7. The van der Waals surface area contributed by atoms with Crippen molar-refractivity contribution >= 4 is 23.7 Å². The van der Waals surface area contributed by atoms with E-state index in [-0.39, 0.29) is 12.5 Å². The third-order valence-corrected chi connectivity index (χ3v) is 3.71. The maximum atomic E-state index is 12.7. The Kier molecular flexibility index (Phi) is 7.78. The Morgan fingerprint density at radius 1 is 1.28 bits per heavy atom. The van der Waals surface area contributed by atoms with E-state index in [0.29, 0.717) is 25.8 Å². The van der Waals surface area contributed by atoms with Crippen LogP contribution in [0.5, 0.6) is 0 Å². The number of nitrogens with zero attached hydrogens (tertiary/aromatic N) is 1. The van der Waals surface area contributed by atoms with Crippen LogP contribution in [0.2, 0.25) is 0 Å². The lowest BCUT2D eigenvalue weighted by molar-refractivity contribution is -0.138. The number of guanidine groups is 1. The van der Waals surface area contributed by atoms with Crippen LogP contribution in [-0.2, 0) is 19.1 Å². The quantitative estimate of drug-likeness (QED) is 0.142. The topological polar surface area (TPSA) is 175 Å². The van der Waals surface area contributed by atoms with Crippen LogP contribution >= 0.6 is 0 Å². The fourth-order valence-corrected chi connectivity index (χ4v) is 2.40. The molecule has 0 aromatic rings. The number of epoxide rings is 1. The van der Waals surface area contributed by atoms with Gasteiger partial charge in [0.1, 0.15) is 6.04 Å². The second-order valence-corrected chi connectivity index (χ2v) is 6.38. The molecule has 0 aromatic carbocycles. The first-order valence-electron chi connectivity index (χ1n) is 8.23. The molecule has 2 amide bonds. The number of ether oxygens (including phenoxy) is 1. The molecule has 1 fully saturated rings. The van der Waals surface area contributed by atoms with Gasteiger partial charge in [0.25, 0.3) is 11.8 Å². The van der Waals surface area contributed by atoms with Crippen molar-refractivity contribution in [2.75, 3.05) is 13.1 Å². The number of rotatable bonds is 10. The molecule has 0 saturated carbocycles. The summed E-state index contributed by atoms with van der Waals surface area (Å²) in [6, 6.07) is -0.909. The molecule has 3 atom stereocenters. The molecule has 142 valence electrons. The molecule has 10 heteroatoms. The Morgan fingerprint density at radius 3 is 2.36 bits per heavy atom. The number of hydrogen-bond donors (Lipinski definition) is 5. The Bertz CT molecular complexity index is 524. The van der Waals surface area contributed by atoms with E-state index < -0.39 is 42.0 Å². The molecule has 0 unspecified atom stereocenters. The summed E-state index contributed by atoms with van der Waals surface area (Å²) in [5, 5.41) is 18.9. The van der Waals surface area contributed by atoms with E-state index in [1.807, 2.05) is 13.8 Å². The Labute approximate surface area is 146 Å². The van der Waals surface area contributed by atoms with E-state index in [9.17, 15) is 14.4 Å². The van der Waals surface area contributed by atoms with Gasteiger partial charge in [-0.1, -0.05) is 13.8 Å². The van der Waals surface area contributed by atoms with Gasteiger partial charge in [0, 0.05) is 6.54 Å². The van der Waals surface area contributed by atoms with Crippen LogP contribution in [0.1, 0.15) is 33.1 Å². The van der Waals surface area contributed by atoms with Gasteiger partial charge in [-0.15, -0.1) is 0 Å². The summed E-state index contributed by atoms with van der Waals surface area (Å²) in [6.07, 6.45) is -0.688. The number of carbonyl (C=O) groups excluding carboxylic acids is 2. The van der Waals surface area contributed by atoms with Crippen molar-refractivity contribution in [2.45, 2.75) is 51.4 Å². The van der Waals surface area contributed by atoms with E-state index in [0.717, 1.165) is 4.90 Å². The molecule has 10 nitrogen and oxygen atoms in total. The van der Waals surface area contributed by atoms with Gasteiger partial charge >= 0.3 is 5.97 Å². The Hall–Kier alpha value is -2.20. The Balaban J connectivity index is 2.77. The summed E-state index contributed by atoms with van der Waals surface area (Å²) in [7, 11) is 0. The van der Waals surface area contributed by atoms with Gasteiger partial charge in [0.05, 0.1) is 0 Å². The van der Waals surface area contributed by atoms with Crippen molar-refractivity contribution in [3.63, 3.8) is 0 Å². The van der Waals surface area contributed by atoms with Crippen molar-refractivity contribution in [2.24, 2.45) is 17.4 Å². The first kappa shape index (κ1) is 20.8. The molecule has 0 aliphatic carbocycles. The van der Waals surface area contributed by atoms with E-state index in [2.05, 4.69) is 5.32 Å². The average Bonchev–Trinajstić information content (AvgIpc) is 3.30. The van der Waals surface area contributed by atoms with Crippen LogP contribution in [0.4, 0.5) is 0 Å². The van der Waals surface area contributed by atoms with Gasteiger partial charge in [-0.2, -0.15) is 0 Å². The van der Waals surface area contributed by atoms with Crippen molar-refractivity contribution < 1.29 is 24.2 Å². The fourth-order valence-electron chi connectivity index (χ4n) is 2.40. The molecule has 0 aromatic heterocycles. The number of unbranched alkanes of at least 4 members (excludes halogenated alkanes) is 1. The summed E-state index contributed by atoms with van der Waals surface area (Å²) in [5.41, 5.74) is 10.9. The number of carboxylic acids is 1. The third kappa shape index (κ3) is 6.31. The van der Waals surface area contributed by atoms with Gasteiger partial charge in [0.2, 0.25) is 0 Å². The first-order chi connectivity index (χ1) is 11.7. The summed E-state index contributed by atoms with van der Waals surface area (Å²) >= 11 is 0. The maximum absolute atomic E-state index is 12.7. The van der Waals surface area contributed by atoms with Crippen LogP contribution in [0.15, 0.2) is 0 Å². The molecule has 1 rings (SSSR count). The van der Waals surface area contributed by atoms with Gasteiger partial charge in [-0.25, -0.2) is 4.79 Å². The van der Waals surface area contributed by atoms with Gasteiger partial charge in [-0.3, -0.25) is 19.9 Å². The number of aliphatic carboxylic acids is 1. The van der Waals surface area contributed by atoms with Crippen molar-refractivity contribution in [1.29, 1.82) is 5.41 Å². The van der Waals surface area contributed by atoms with Crippen LogP contribution in [0.25, 0.3) is 0 Å². The second-order valence-electron chi connectivity index (χ2n) is 6.38. The zero-order chi connectivity index (χ0) is 19.1. The van der Waals surface area contributed by atoms with Crippen LogP contribution in [-0.4, -0.2) is 65.1 Å². The van der Waals surface area contributed by atoms with Crippen LogP contribution in [0, 0.1) is 11.3 Å². The third-order valence-electron chi connectivity index (χ3n) is 3.71. The number of carbonyl (C=O) groups is 3. The highest BCUT2D eigenvalue weighted by atomic mass is 16.6. The average molecular weight is 357 g/mol. The molecular weight excluding hydrogens is 330 g/mol. The molecule has 0 bridgehead atoms. The number of amides is 2. The minimum absolute atomic E-state index is 0.0856. The predicted octanol–water partition coefficient (Wildman–Crippen LogP) is -1.17. The number of nitrogens with one attached hydrogen (secondary N) is 2. The minimum Gasteiger partial charge on any atom is -0.479 e. The summed E-state index contributed by atoms with van der Waals surface area (Å²) in [5.74, 6) is -2.70. The van der Waals surface area contributed by atoms with E-state index in [4.69, 9.17) is 26.7 Å². The van der Waals surface area contributed by atoms with E-state index in [1.165, 1.54) is 0 Å². The fraction of sp³-hybridized carbons (Fsp3) is 0.733. The first-order valence-corrected chi connectivity index (χ1v) is 8.23. The zero-order valence-corrected chi connectivity index (χ0v) is 14.5. The van der Waals surface area contributed by atoms with E-state index >= 15 is 0 Å². The van der Waals surface area contributed by atoms with Crippen LogP contribution < -0.4 is 16.8 Å². The zero-order valence-electron chi connectivity index (χ0n) is 14.5. The molecule has 25 heavy (non-hydrogen) atoms. The van der Waals surface area contributed by atoms with Gasteiger partial charge in [0.15, 0.2) is 18.2 Å². The second kappa shape index (κ2) is 9.33. The molecule has 1 aliphatic rings. The summed E-state index contributed by atoms with van der Waals surface area (Å²) in [6.45, 7) is 4.45. The molecule has 1 aliphatic heterocycles. The molecule has 1 saturated heterocycles. The van der Waals surface area contributed by atoms with Crippen molar-refractivity contribution in [3.8, 4) is 0 Å². The molecular formula is C15H27N5O5. The van der Waals surface area contributed by atoms with Gasteiger partial charge < -0.3 is 26.6 Å². The minimum atomic E-state index is -1.22. The van der Waals surface area contributed by atoms with Crippen molar-refractivity contribution in [3.05, 3.63) is 0 Å². The lowest BCUT2D eigenvalue weighted by atomic mass is 10.0. The Morgan fingerprint density at radius 2 is 1.92 bits per heavy atom. The molecule has 1 heterocycles. The molecule has 0 radical (unpaired) electrons. The highest BCUT2D eigenvalue weighted by Crippen LogP contribution is 2.23.